The predicted molar refractivity (Wildman–Crippen MR) is 78.6 cm³/mol. The molecule has 4 heteroatoms. The molecule has 0 aliphatic rings. The Labute approximate surface area is 117 Å². The van der Waals surface area contributed by atoms with E-state index in [-0.39, 0.29) is 5.91 Å². The minimum absolute atomic E-state index is 0.0856. The van der Waals surface area contributed by atoms with Crippen LogP contribution in [-0.4, -0.2) is 13.0 Å². The van der Waals surface area contributed by atoms with Crippen molar-refractivity contribution < 1.29 is 4.79 Å². The maximum Gasteiger partial charge on any atom is 0.251 e. The van der Waals surface area contributed by atoms with Gasteiger partial charge in [-0.1, -0.05) is 23.7 Å². The summed E-state index contributed by atoms with van der Waals surface area (Å²) in [7, 11) is 1.84. The second-order valence-electron chi connectivity index (χ2n) is 4.14. The zero-order chi connectivity index (χ0) is 13.7. The molecule has 0 aromatic heterocycles. The van der Waals surface area contributed by atoms with Crippen LogP contribution in [0.25, 0.3) is 0 Å². The van der Waals surface area contributed by atoms with E-state index in [0.717, 1.165) is 11.3 Å². The molecule has 1 amide bonds. The van der Waals surface area contributed by atoms with Crippen LogP contribution in [0, 0.1) is 0 Å². The first-order chi connectivity index (χ1) is 9.19. The first-order valence-corrected chi connectivity index (χ1v) is 6.37. The number of hydrogen-bond donors (Lipinski definition) is 2. The normalized spacial score (nSPS) is 10.0. The van der Waals surface area contributed by atoms with E-state index in [2.05, 4.69) is 10.6 Å². The van der Waals surface area contributed by atoms with Crippen LogP contribution in [0.2, 0.25) is 5.02 Å². The Morgan fingerprint density at radius 2 is 1.68 bits per heavy atom. The minimum atomic E-state index is -0.0856. The van der Waals surface area contributed by atoms with Gasteiger partial charge in [-0.05, 0) is 42.0 Å². The van der Waals surface area contributed by atoms with Gasteiger partial charge in [-0.15, -0.1) is 0 Å². The van der Waals surface area contributed by atoms with E-state index in [4.69, 9.17) is 11.6 Å². The second-order valence-corrected chi connectivity index (χ2v) is 4.57. The summed E-state index contributed by atoms with van der Waals surface area (Å²) < 4.78 is 0. The summed E-state index contributed by atoms with van der Waals surface area (Å²) in [5.74, 6) is -0.0856. The van der Waals surface area contributed by atoms with Crippen LogP contribution in [-0.2, 0) is 6.54 Å². The summed E-state index contributed by atoms with van der Waals surface area (Å²) in [6.45, 7) is 0.490. The highest BCUT2D eigenvalue weighted by molar-refractivity contribution is 6.30. The quantitative estimate of drug-likeness (QED) is 0.898. The molecule has 0 aliphatic heterocycles. The van der Waals surface area contributed by atoms with Gasteiger partial charge in [0, 0.05) is 29.9 Å². The average molecular weight is 275 g/mol. The minimum Gasteiger partial charge on any atom is -0.388 e. The topological polar surface area (TPSA) is 41.1 Å². The largest absolute Gasteiger partial charge is 0.388 e. The molecule has 0 spiro atoms. The van der Waals surface area contributed by atoms with Gasteiger partial charge >= 0.3 is 0 Å². The van der Waals surface area contributed by atoms with Gasteiger partial charge in [0.05, 0.1) is 0 Å². The van der Waals surface area contributed by atoms with Gasteiger partial charge in [0.15, 0.2) is 0 Å². The van der Waals surface area contributed by atoms with Crippen LogP contribution < -0.4 is 10.6 Å². The van der Waals surface area contributed by atoms with Crippen LogP contribution in [0.1, 0.15) is 15.9 Å². The lowest BCUT2D eigenvalue weighted by molar-refractivity contribution is 0.0951. The molecule has 19 heavy (non-hydrogen) atoms. The average Bonchev–Trinajstić information content (AvgIpc) is 2.46. The number of nitrogens with one attached hydrogen (secondary N) is 2. The van der Waals surface area contributed by atoms with Crippen molar-refractivity contribution in [1.82, 2.24) is 5.32 Å². The Hall–Kier alpha value is -2.00. The van der Waals surface area contributed by atoms with Crippen LogP contribution in [0.5, 0.6) is 0 Å². The maximum absolute atomic E-state index is 11.9. The highest BCUT2D eigenvalue weighted by Crippen LogP contribution is 2.10. The molecule has 0 saturated heterocycles. The molecule has 0 atom stereocenters. The summed E-state index contributed by atoms with van der Waals surface area (Å²) in [6.07, 6.45) is 0. The predicted octanol–water partition coefficient (Wildman–Crippen LogP) is 3.31. The third kappa shape index (κ3) is 3.73. The van der Waals surface area contributed by atoms with E-state index in [1.165, 1.54) is 0 Å². The molecule has 98 valence electrons. The van der Waals surface area contributed by atoms with E-state index in [9.17, 15) is 4.79 Å². The fourth-order valence-corrected chi connectivity index (χ4v) is 1.80. The van der Waals surface area contributed by atoms with Crippen LogP contribution in [0.15, 0.2) is 48.5 Å². The van der Waals surface area contributed by atoms with Gasteiger partial charge in [-0.3, -0.25) is 4.79 Å². The van der Waals surface area contributed by atoms with Crippen molar-refractivity contribution in [1.29, 1.82) is 0 Å². The maximum atomic E-state index is 11.9. The Morgan fingerprint density at radius 3 is 2.26 bits per heavy atom. The molecule has 2 N–H and O–H groups in total. The van der Waals surface area contributed by atoms with Crippen molar-refractivity contribution in [3.05, 3.63) is 64.7 Å². The molecule has 2 aromatic carbocycles. The molecule has 2 rings (SSSR count). The first-order valence-electron chi connectivity index (χ1n) is 5.99. The third-order valence-corrected chi connectivity index (χ3v) is 3.05. The van der Waals surface area contributed by atoms with Gasteiger partial charge in [0.25, 0.3) is 5.91 Å². The van der Waals surface area contributed by atoms with E-state index < -0.39 is 0 Å². The Balaban J connectivity index is 1.95. The van der Waals surface area contributed by atoms with Crippen molar-refractivity contribution >= 4 is 23.2 Å². The number of benzene rings is 2. The highest BCUT2D eigenvalue weighted by Gasteiger charge is 2.04. The zero-order valence-corrected chi connectivity index (χ0v) is 11.4. The molecule has 0 saturated carbocycles. The van der Waals surface area contributed by atoms with Gasteiger partial charge in [0.2, 0.25) is 0 Å². The molecule has 0 aliphatic carbocycles. The van der Waals surface area contributed by atoms with Crippen molar-refractivity contribution in [2.45, 2.75) is 6.54 Å². The number of anilines is 1. The van der Waals surface area contributed by atoms with E-state index in [1.54, 1.807) is 12.1 Å². The monoisotopic (exact) mass is 274 g/mol. The second kappa shape index (κ2) is 6.25. The SMILES string of the molecule is CNc1ccc(C(=O)NCc2ccc(Cl)cc2)cc1. The number of carbonyl (C=O) groups is 1. The fourth-order valence-electron chi connectivity index (χ4n) is 1.67. The molecular weight excluding hydrogens is 260 g/mol. The van der Waals surface area contributed by atoms with Gasteiger partial charge in [0.1, 0.15) is 0 Å². The number of amides is 1. The van der Waals surface area contributed by atoms with Crippen LogP contribution in [0.3, 0.4) is 0 Å². The lowest BCUT2D eigenvalue weighted by atomic mass is 10.2. The number of hydrogen-bond acceptors (Lipinski definition) is 2. The molecule has 0 radical (unpaired) electrons. The Bertz CT molecular complexity index is 549. The van der Waals surface area contributed by atoms with Crippen LogP contribution in [0.4, 0.5) is 5.69 Å². The van der Waals surface area contributed by atoms with Crippen molar-refractivity contribution in [2.24, 2.45) is 0 Å². The van der Waals surface area contributed by atoms with Crippen molar-refractivity contribution in [2.75, 3.05) is 12.4 Å². The first kappa shape index (κ1) is 13.4. The summed E-state index contributed by atoms with van der Waals surface area (Å²) in [5.41, 5.74) is 2.65. The summed E-state index contributed by atoms with van der Waals surface area (Å²) in [5, 5.41) is 6.57. The van der Waals surface area contributed by atoms with Gasteiger partial charge < -0.3 is 10.6 Å². The summed E-state index contributed by atoms with van der Waals surface area (Å²) in [4.78, 5) is 11.9. The highest BCUT2D eigenvalue weighted by atomic mass is 35.5. The van der Waals surface area contributed by atoms with Crippen LogP contribution >= 0.6 is 11.6 Å². The molecule has 0 bridgehead atoms. The zero-order valence-electron chi connectivity index (χ0n) is 10.6. The van der Waals surface area contributed by atoms with Crippen molar-refractivity contribution in [3.8, 4) is 0 Å². The number of carbonyl (C=O) groups excluding carboxylic acids is 1. The van der Waals surface area contributed by atoms with Gasteiger partial charge in [-0.25, -0.2) is 0 Å². The third-order valence-electron chi connectivity index (χ3n) is 2.80. The van der Waals surface area contributed by atoms with Gasteiger partial charge in [-0.2, -0.15) is 0 Å². The molecule has 0 unspecified atom stereocenters. The fraction of sp³-hybridized carbons (Fsp3) is 0.133. The van der Waals surface area contributed by atoms with Crippen molar-refractivity contribution in [3.63, 3.8) is 0 Å². The standard InChI is InChI=1S/C15H15ClN2O/c1-17-14-8-4-12(5-9-14)15(19)18-10-11-2-6-13(16)7-3-11/h2-9,17H,10H2,1H3,(H,18,19). The number of halogens is 1. The lowest BCUT2D eigenvalue weighted by Crippen LogP contribution is -2.22. The number of rotatable bonds is 4. The lowest BCUT2D eigenvalue weighted by Gasteiger charge is -2.06. The Kier molecular flexibility index (Phi) is 4.42. The molecule has 3 nitrogen and oxygen atoms in total. The molecule has 0 heterocycles. The molecular formula is C15H15ClN2O. The summed E-state index contributed by atoms with van der Waals surface area (Å²) >= 11 is 5.81. The summed E-state index contributed by atoms with van der Waals surface area (Å²) in [6, 6.07) is 14.7. The molecule has 2 aromatic rings. The van der Waals surface area contributed by atoms with E-state index in [0.29, 0.717) is 17.1 Å². The van der Waals surface area contributed by atoms with E-state index >= 15 is 0 Å². The smallest absolute Gasteiger partial charge is 0.251 e. The molecule has 0 fully saturated rings. The van der Waals surface area contributed by atoms with E-state index in [1.807, 2.05) is 43.4 Å². The Morgan fingerprint density at radius 1 is 1.05 bits per heavy atom.